The lowest BCUT2D eigenvalue weighted by atomic mass is 10.3. The van der Waals surface area contributed by atoms with Crippen LogP contribution in [-0.2, 0) is 9.05 Å². The second kappa shape index (κ2) is 6.58. The molecule has 102 valence electrons. The summed E-state index contributed by atoms with van der Waals surface area (Å²) in [6.07, 6.45) is 0. The minimum atomic E-state index is -4.30. The minimum absolute atomic E-state index is 0.210. The van der Waals surface area contributed by atoms with Gasteiger partial charge in [0, 0.05) is 16.4 Å². The molecule has 0 atom stereocenters. The highest BCUT2D eigenvalue weighted by Crippen LogP contribution is 2.27. The van der Waals surface area contributed by atoms with Gasteiger partial charge < -0.3 is 4.74 Å². The molecule has 0 bridgehead atoms. The van der Waals surface area contributed by atoms with E-state index in [1.165, 1.54) is 0 Å². The molecule has 0 saturated carbocycles. The molecule has 0 unspecified atom stereocenters. The van der Waals surface area contributed by atoms with E-state index in [1.807, 2.05) is 6.92 Å². The molecule has 18 heavy (non-hydrogen) atoms. The molecular weight excluding hydrogens is 306 g/mol. The van der Waals surface area contributed by atoms with E-state index >= 15 is 0 Å². The van der Waals surface area contributed by atoms with Crippen molar-refractivity contribution in [2.45, 2.75) is 11.8 Å². The standard InChI is InChI=1S/C10H11ClF2O3S2/c1-2-17-6-5-16-7-3-4-8(18(11,14)15)10(13)9(7)12/h3-4H,2,5-6H2,1H3. The van der Waals surface area contributed by atoms with Gasteiger partial charge in [-0.05, 0) is 17.9 Å². The largest absolute Gasteiger partial charge is 0.490 e. The molecule has 0 aliphatic carbocycles. The lowest BCUT2D eigenvalue weighted by Gasteiger charge is -2.08. The monoisotopic (exact) mass is 316 g/mol. The molecule has 0 N–H and O–H groups in total. The van der Waals surface area contributed by atoms with Crippen LogP contribution in [0.15, 0.2) is 17.0 Å². The van der Waals surface area contributed by atoms with Crippen LogP contribution in [0.3, 0.4) is 0 Å². The van der Waals surface area contributed by atoms with Gasteiger partial charge in [-0.2, -0.15) is 16.2 Å². The molecule has 0 amide bonds. The van der Waals surface area contributed by atoms with Gasteiger partial charge in [0.25, 0.3) is 9.05 Å². The van der Waals surface area contributed by atoms with Crippen LogP contribution in [-0.4, -0.2) is 26.5 Å². The fraction of sp³-hybridized carbons (Fsp3) is 0.400. The fourth-order valence-corrected chi connectivity index (χ4v) is 2.55. The Morgan fingerprint density at radius 3 is 2.56 bits per heavy atom. The summed E-state index contributed by atoms with van der Waals surface area (Å²) in [4.78, 5) is -0.892. The summed E-state index contributed by atoms with van der Waals surface area (Å²) in [6, 6.07) is 1.92. The molecular formula is C10H11ClF2O3S2. The first-order chi connectivity index (χ1) is 8.38. The minimum Gasteiger partial charge on any atom is -0.490 e. The maximum absolute atomic E-state index is 13.5. The van der Waals surface area contributed by atoms with E-state index in [0.29, 0.717) is 5.75 Å². The Morgan fingerprint density at radius 1 is 1.33 bits per heavy atom. The predicted molar refractivity (Wildman–Crippen MR) is 67.9 cm³/mol. The van der Waals surface area contributed by atoms with Gasteiger partial charge in [0.05, 0.1) is 6.61 Å². The van der Waals surface area contributed by atoms with Gasteiger partial charge >= 0.3 is 0 Å². The Bertz CT molecular complexity index is 520. The molecule has 0 aliphatic heterocycles. The van der Waals surface area contributed by atoms with Gasteiger partial charge in [-0.15, -0.1) is 0 Å². The average molecular weight is 317 g/mol. The highest BCUT2D eigenvalue weighted by atomic mass is 35.7. The Balaban J connectivity index is 2.88. The molecule has 0 fully saturated rings. The summed E-state index contributed by atoms with van der Waals surface area (Å²) in [5.41, 5.74) is 0. The van der Waals surface area contributed by atoms with Gasteiger partial charge in [0.1, 0.15) is 4.90 Å². The Morgan fingerprint density at radius 2 is 2.00 bits per heavy atom. The first kappa shape index (κ1) is 15.5. The number of ether oxygens (including phenoxy) is 1. The van der Waals surface area contributed by atoms with Crippen LogP contribution < -0.4 is 4.74 Å². The second-order valence-corrected chi connectivity index (χ2v) is 7.10. The number of benzene rings is 1. The van der Waals surface area contributed by atoms with Gasteiger partial charge in [-0.3, -0.25) is 0 Å². The Labute approximate surface area is 113 Å². The zero-order valence-electron chi connectivity index (χ0n) is 9.45. The molecule has 0 spiro atoms. The second-order valence-electron chi connectivity index (χ2n) is 3.17. The van der Waals surface area contributed by atoms with Crippen molar-refractivity contribution >= 4 is 31.5 Å². The van der Waals surface area contributed by atoms with E-state index in [4.69, 9.17) is 15.4 Å². The van der Waals surface area contributed by atoms with Gasteiger partial charge in [0.15, 0.2) is 11.6 Å². The van der Waals surface area contributed by atoms with Crippen LogP contribution in [0.25, 0.3) is 0 Å². The third-order valence-electron chi connectivity index (χ3n) is 1.96. The van der Waals surface area contributed by atoms with E-state index in [9.17, 15) is 17.2 Å². The quantitative estimate of drug-likeness (QED) is 0.597. The van der Waals surface area contributed by atoms with E-state index < -0.39 is 25.6 Å². The van der Waals surface area contributed by atoms with Crippen LogP contribution in [0.1, 0.15) is 6.92 Å². The Kier molecular flexibility index (Phi) is 5.68. The van der Waals surface area contributed by atoms with Crippen LogP contribution in [0.5, 0.6) is 5.75 Å². The average Bonchev–Trinajstić information content (AvgIpc) is 2.28. The summed E-state index contributed by atoms with van der Waals surface area (Å²) in [5, 5.41) is 0. The molecule has 1 aromatic rings. The van der Waals surface area contributed by atoms with Crippen molar-refractivity contribution in [3.05, 3.63) is 23.8 Å². The van der Waals surface area contributed by atoms with Crippen molar-refractivity contribution < 1.29 is 21.9 Å². The summed E-state index contributed by atoms with van der Waals surface area (Å²) < 4.78 is 53.8. The van der Waals surface area contributed by atoms with Crippen LogP contribution in [0, 0.1) is 11.6 Å². The van der Waals surface area contributed by atoms with E-state index in [0.717, 1.165) is 17.9 Å². The molecule has 3 nitrogen and oxygen atoms in total. The topological polar surface area (TPSA) is 43.4 Å². The number of hydrogen-bond donors (Lipinski definition) is 0. The predicted octanol–water partition coefficient (Wildman–Crippen LogP) is 3.02. The maximum atomic E-state index is 13.5. The van der Waals surface area contributed by atoms with Gasteiger partial charge in [0.2, 0.25) is 5.82 Å². The summed E-state index contributed by atoms with van der Waals surface area (Å²) in [5.74, 6) is -1.67. The van der Waals surface area contributed by atoms with Crippen LogP contribution >= 0.6 is 22.4 Å². The smallest absolute Gasteiger partial charge is 0.264 e. The molecule has 0 radical (unpaired) electrons. The van der Waals surface area contributed by atoms with E-state index in [1.54, 1.807) is 11.8 Å². The summed E-state index contributed by atoms with van der Waals surface area (Å²) in [6.45, 7) is 2.17. The lowest BCUT2D eigenvalue weighted by Crippen LogP contribution is -2.05. The Hall–Kier alpha value is -0.530. The molecule has 1 rings (SSSR count). The normalized spacial score (nSPS) is 11.6. The van der Waals surface area contributed by atoms with Crippen molar-refractivity contribution in [2.75, 3.05) is 18.1 Å². The van der Waals surface area contributed by atoms with Crippen molar-refractivity contribution in [1.29, 1.82) is 0 Å². The zero-order valence-corrected chi connectivity index (χ0v) is 11.8. The third-order valence-corrected chi connectivity index (χ3v) is 4.17. The highest BCUT2D eigenvalue weighted by molar-refractivity contribution is 8.13. The SMILES string of the molecule is CCSCCOc1ccc(S(=O)(=O)Cl)c(F)c1F. The van der Waals surface area contributed by atoms with E-state index in [-0.39, 0.29) is 12.4 Å². The molecule has 0 heterocycles. The zero-order chi connectivity index (χ0) is 13.8. The van der Waals surface area contributed by atoms with Crippen molar-refractivity contribution in [3.8, 4) is 5.75 Å². The van der Waals surface area contributed by atoms with Crippen LogP contribution in [0.4, 0.5) is 8.78 Å². The first-order valence-electron chi connectivity index (χ1n) is 5.01. The molecule has 0 saturated heterocycles. The van der Waals surface area contributed by atoms with Gasteiger partial charge in [-0.1, -0.05) is 6.92 Å². The molecule has 0 aromatic heterocycles. The number of thioether (sulfide) groups is 1. The third kappa shape index (κ3) is 4.00. The molecule has 1 aromatic carbocycles. The van der Waals surface area contributed by atoms with Crippen molar-refractivity contribution in [3.63, 3.8) is 0 Å². The molecule has 8 heteroatoms. The summed E-state index contributed by atoms with van der Waals surface area (Å²) in [7, 11) is 0.651. The van der Waals surface area contributed by atoms with E-state index in [2.05, 4.69) is 0 Å². The number of halogens is 3. The summed E-state index contributed by atoms with van der Waals surface area (Å²) >= 11 is 1.59. The fourth-order valence-electron chi connectivity index (χ4n) is 1.17. The highest BCUT2D eigenvalue weighted by Gasteiger charge is 2.22. The number of hydrogen-bond acceptors (Lipinski definition) is 4. The lowest BCUT2D eigenvalue weighted by molar-refractivity contribution is 0.315. The van der Waals surface area contributed by atoms with Gasteiger partial charge in [-0.25, -0.2) is 12.8 Å². The van der Waals surface area contributed by atoms with Crippen molar-refractivity contribution in [1.82, 2.24) is 0 Å². The first-order valence-corrected chi connectivity index (χ1v) is 8.47. The van der Waals surface area contributed by atoms with Crippen molar-refractivity contribution in [2.24, 2.45) is 0 Å². The maximum Gasteiger partial charge on any atom is 0.264 e. The van der Waals surface area contributed by atoms with Crippen LogP contribution in [0.2, 0.25) is 0 Å². The molecule has 0 aliphatic rings. The number of rotatable bonds is 6.